The molecule has 0 amide bonds. The third-order valence-corrected chi connectivity index (χ3v) is 6.69. The van der Waals surface area contributed by atoms with Crippen molar-refractivity contribution in [3.63, 3.8) is 0 Å². The van der Waals surface area contributed by atoms with Crippen LogP contribution in [0.2, 0.25) is 0 Å². The lowest BCUT2D eigenvalue weighted by Gasteiger charge is -2.25. The average Bonchev–Trinajstić information content (AvgIpc) is 2.94. The molecule has 3 aromatic rings. The van der Waals surface area contributed by atoms with Gasteiger partial charge in [-0.15, -0.1) is 11.8 Å². The fourth-order valence-electron chi connectivity index (χ4n) is 3.72. The maximum atomic E-state index is 14.5. The van der Waals surface area contributed by atoms with Gasteiger partial charge < -0.3 is 19.5 Å². The molecular weight excluding hydrogens is 401 g/mol. The maximum Gasteiger partial charge on any atom is 0.127 e. The predicted octanol–water partition coefficient (Wildman–Crippen LogP) is 5.79. The van der Waals surface area contributed by atoms with Gasteiger partial charge >= 0.3 is 0 Å². The zero-order valence-corrected chi connectivity index (χ0v) is 17.8. The minimum absolute atomic E-state index is 0.0130. The van der Waals surface area contributed by atoms with E-state index in [2.05, 4.69) is 4.90 Å². The number of halogens is 1. The number of fused-ring (bicyclic) bond motifs is 1. The van der Waals surface area contributed by atoms with Gasteiger partial charge in [0.1, 0.15) is 23.1 Å². The normalized spacial score (nSPS) is 16.0. The molecule has 4 rings (SSSR count). The van der Waals surface area contributed by atoms with Gasteiger partial charge in [-0.25, -0.2) is 4.39 Å². The van der Waals surface area contributed by atoms with Gasteiger partial charge in [-0.05, 0) is 48.9 Å². The summed E-state index contributed by atoms with van der Waals surface area (Å²) in [5.41, 5.74) is 2.54. The highest BCUT2D eigenvalue weighted by Crippen LogP contribution is 2.47. The molecule has 1 aliphatic rings. The van der Waals surface area contributed by atoms with Gasteiger partial charge in [-0.3, -0.25) is 0 Å². The smallest absolute Gasteiger partial charge is 0.127 e. The Morgan fingerprint density at radius 3 is 2.53 bits per heavy atom. The Bertz CT molecular complexity index is 1040. The number of anilines is 1. The first kappa shape index (κ1) is 20.4. The molecule has 30 heavy (non-hydrogen) atoms. The first-order chi connectivity index (χ1) is 14.6. The van der Waals surface area contributed by atoms with Crippen LogP contribution in [0.5, 0.6) is 17.2 Å². The maximum absolute atomic E-state index is 14.5. The summed E-state index contributed by atoms with van der Waals surface area (Å²) >= 11 is 1.65. The number of rotatable bonds is 5. The minimum atomic E-state index is -0.182. The number of benzene rings is 3. The highest BCUT2D eigenvalue weighted by Gasteiger charge is 2.26. The molecule has 0 fully saturated rings. The van der Waals surface area contributed by atoms with E-state index >= 15 is 0 Å². The Morgan fingerprint density at radius 1 is 1.03 bits per heavy atom. The van der Waals surface area contributed by atoms with Crippen LogP contribution in [0.4, 0.5) is 10.1 Å². The average molecular weight is 426 g/mol. The van der Waals surface area contributed by atoms with Crippen LogP contribution in [-0.2, 0) is 6.54 Å². The molecule has 0 aromatic heterocycles. The molecule has 0 saturated heterocycles. The van der Waals surface area contributed by atoms with Crippen molar-refractivity contribution in [2.45, 2.75) is 23.1 Å². The summed E-state index contributed by atoms with van der Waals surface area (Å²) in [4.78, 5) is 3.25. The molecule has 0 unspecified atom stereocenters. The molecule has 4 nitrogen and oxygen atoms in total. The van der Waals surface area contributed by atoms with Crippen molar-refractivity contribution in [1.82, 2.24) is 0 Å². The van der Waals surface area contributed by atoms with Gasteiger partial charge in [-0.1, -0.05) is 18.2 Å². The lowest BCUT2D eigenvalue weighted by Crippen LogP contribution is -2.24. The van der Waals surface area contributed by atoms with Crippen LogP contribution >= 0.6 is 11.8 Å². The zero-order valence-electron chi connectivity index (χ0n) is 17.0. The number of ether oxygens (including phenoxy) is 2. The molecule has 3 aromatic carbocycles. The molecule has 156 valence electrons. The van der Waals surface area contributed by atoms with Gasteiger partial charge in [0.2, 0.25) is 0 Å². The van der Waals surface area contributed by atoms with Gasteiger partial charge in [0, 0.05) is 34.4 Å². The van der Waals surface area contributed by atoms with Crippen molar-refractivity contribution >= 4 is 17.4 Å². The molecule has 1 aliphatic heterocycles. The SMILES string of the molecule is COc1ccc(O)c(CN2CC[C@@H](c3ccccc3F)Sc3cc(OC)ccc32)c1. The second kappa shape index (κ2) is 8.88. The Morgan fingerprint density at radius 2 is 1.77 bits per heavy atom. The van der Waals surface area contributed by atoms with Crippen molar-refractivity contribution in [3.8, 4) is 17.2 Å². The van der Waals surface area contributed by atoms with Crippen LogP contribution in [0, 0.1) is 5.82 Å². The van der Waals surface area contributed by atoms with E-state index in [9.17, 15) is 9.50 Å². The number of methoxy groups -OCH3 is 2. The first-order valence-electron chi connectivity index (χ1n) is 9.79. The van der Waals surface area contributed by atoms with E-state index in [-0.39, 0.29) is 16.8 Å². The van der Waals surface area contributed by atoms with E-state index in [4.69, 9.17) is 9.47 Å². The summed E-state index contributed by atoms with van der Waals surface area (Å²) in [6.07, 6.45) is 0.771. The third-order valence-electron chi connectivity index (χ3n) is 5.34. The van der Waals surface area contributed by atoms with Crippen LogP contribution in [0.15, 0.2) is 65.6 Å². The van der Waals surface area contributed by atoms with Crippen LogP contribution in [0.1, 0.15) is 22.8 Å². The lowest BCUT2D eigenvalue weighted by molar-refractivity contribution is 0.410. The minimum Gasteiger partial charge on any atom is -0.508 e. The van der Waals surface area contributed by atoms with Crippen molar-refractivity contribution in [3.05, 3.63) is 77.6 Å². The number of hydrogen-bond donors (Lipinski definition) is 1. The number of phenols is 1. The van der Waals surface area contributed by atoms with Crippen molar-refractivity contribution in [2.24, 2.45) is 0 Å². The van der Waals surface area contributed by atoms with Crippen LogP contribution < -0.4 is 14.4 Å². The van der Waals surface area contributed by atoms with Crippen molar-refractivity contribution in [2.75, 3.05) is 25.7 Å². The number of phenolic OH excluding ortho intramolecular Hbond substituents is 1. The second-order valence-electron chi connectivity index (χ2n) is 7.17. The van der Waals surface area contributed by atoms with E-state index in [1.807, 2.05) is 36.4 Å². The van der Waals surface area contributed by atoms with Crippen LogP contribution in [-0.4, -0.2) is 25.9 Å². The molecular formula is C24H24FNO3S. The summed E-state index contributed by atoms with van der Waals surface area (Å²) in [6.45, 7) is 1.24. The molecule has 1 atom stereocenters. The van der Waals surface area contributed by atoms with Crippen molar-refractivity contribution in [1.29, 1.82) is 0 Å². The first-order valence-corrected chi connectivity index (χ1v) is 10.7. The molecule has 0 spiro atoms. The molecule has 0 radical (unpaired) electrons. The summed E-state index contributed by atoms with van der Waals surface area (Å²) in [5.74, 6) is 1.51. The van der Waals surface area contributed by atoms with E-state index in [0.29, 0.717) is 17.9 Å². The van der Waals surface area contributed by atoms with E-state index < -0.39 is 0 Å². The Kier molecular flexibility index (Phi) is 6.04. The molecule has 6 heteroatoms. The second-order valence-corrected chi connectivity index (χ2v) is 8.41. The van der Waals surface area contributed by atoms with Crippen LogP contribution in [0.3, 0.4) is 0 Å². The summed E-state index contributed by atoms with van der Waals surface area (Å²) in [5, 5.41) is 10.4. The standard InChI is InChI=1S/C24H24FNO3S/c1-28-17-8-10-22(27)16(13-17)15-26-12-11-23(19-5-3-4-6-20(19)25)30-24-14-18(29-2)7-9-21(24)26/h3-10,13-14,23,27H,11-12,15H2,1-2H3/t23-/m0/s1. The van der Waals surface area contributed by atoms with Crippen LogP contribution in [0.25, 0.3) is 0 Å². The number of nitrogens with zero attached hydrogens (tertiary/aromatic N) is 1. The summed E-state index contributed by atoms with van der Waals surface area (Å²) < 4.78 is 25.3. The predicted molar refractivity (Wildman–Crippen MR) is 118 cm³/mol. The summed E-state index contributed by atoms with van der Waals surface area (Å²) in [6, 6.07) is 18.2. The quantitative estimate of drug-likeness (QED) is 0.560. The number of thioether (sulfide) groups is 1. The topological polar surface area (TPSA) is 41.9 Å². The van der Waals surface area contributed by atoms with Crippen molar-refractivity contribution < 1.29 is 19.0 Å². The zero-order chi connectivity index (χ0) is 21.1. The highest BCUT2D eigenvalue weighted by molar-refractivity contribution is 7.99. The molecule has 1 N–H and O–H groups in total. The highest BCUT2D eigenvalue weighted by atomic mass is 32.2. The van der Waals surface area contributed by atoms with Gasteiger partial charge in [0.15, 0.2) is 0 Å². The third kappa shape index (κ3) is 4.19. The Balaban J connectivity index is 1.71. The fourth-order valence-corrected chi connectivity index (χ4v) is 5.07. The summed E-state index contributed by atoms with van der Waals surface area (Å²) in [7, 11) is 3.25. The van der Waals surface area contributed by atoms with E-state index in [0.717, 1.165) is 34.9 Å². The number of aromatic hydroxyl groups is 1. The van der Waals surface area contributed by atoms with Gasteiger partial charge in [0.05, 0.1) is 19.9 Å². The molecule has 0 bridgehead atoms. The largest absolute Gasteiger partial charge is 0.508 e. The van der Waals surface area contributed by atoms with E-state index in [1.165, 1.54) is 6.07 Å². The molecule has 1 heterocycles. The monoisotopic (exact) mass is 425 g/mol. The Hall–Kier alpha value is -2.86. The number of hydrogen-bond acceptors (Lipinski definition) is 5. The molecule has 0 saturated carbocycles. The Labute approximate surface area is 180 Å². The van der Waals surface area contributed by atoms with E-state index in [1.54, 1.807) is 44.2 Å². The van der Waals surface area contributed by atoms with Gasteiger partial charge in [-0.2, -0.15) is 0 Å². The van der Waals surface area contributed by atoms with Gasteiger partial charge in [0.25, 0.3) is 0 Å². The fraction of sp³-hybridized carbons (Fsp3) is 0.250. The molecule has 0 aliphatic carbocycles. The lowest BCUT2D eigenvalue weighted by atomic mass is 10.1.